The average molecular weight is 1890 g/mol. The Morgan fingerprint density at radius 2 is 0.743 bits per heavy atom. The molecule has 35 nitrogen and oxygen atoms in total. The number of para-hydroxylation sites is 4. The van der Waals surface area contributed by atoms with Gasteiger partial charge in [0, 0.05) is 94.2 Å². The molecule has 16 aromatic rings. The smallest absolute Gasteiger partial charge is 0.224 e. The minimum absolute atomic E-state index is 0.0386. The second-order valence-electron chi connectivity index (χ2n) is 35.0. The number of fused-ring (bicyclic) bond motifs is 4. The number of aromatic nitrogens is 16. The monoisotopic (exact) mass is 1890 g/mol. The standard InChI is InChI=1S/C28H33N7O2.2C27H32N6O3.C23H24N6O2/c1-3-7-23(36)34(2)19-12-14-20(15-13-19)35-27-24(26(29)31-28(30)32-27)25(33-35)18-10-16-22(17-11-18)37-21-8-5-4-6-9-21;2*1-3-14-35-18-32-13-15-34-17-21(16-32)33-27-24(26(28)29-19(2)30-27)25(31-33)20-9-11-23(12-10-20)36-22-7-5-4-6-8-22;1-2-12-28-13-17(14-30-28)29-23-20(22(24)25-15-26-23)21(27-29)16-8-10-19(11-9-16)31-18-6-4-3-5-7-18/h4-6,8-11,16-17,19-20H,3,7,12-15H2,1-2H3,(H4,29,30,31,32);2*4-12,21H,3,13-18H2,1-2H3,(H2,28,29,30);3-11,15,17H,2,12-14H2,1H3,(H2,24,25,26). The van der Waals surface area contributed by atoms with Crippen molar-refractivity contribution in [2.24, 2.45) is 0 Å². The number of benzene rings is 8. The molecule has 20 rings (SSSR count). The van der Waals surface area contributed by atoms with Crippen molar-refractivity contribution in [1.82, 2.24) is 98.8 Å². The summed E-state index contributed by atoms with van der Waals surface area (Å²) in [7, 11) is 1.92. The first-order valence-corrected chi connectivity index (χ1v) is 48.0. The number of hydrogen-bond acceptors (Lipinski definition) is 30. The molecule has 8 aromatic heterocycles. The fraction of sp³-hybridized carbons (Fsp3) is 0.343. The van der Waals surface area contributed by atoms with E-state index < -0.39 is 0 Å². The lowest BCUT2D eigenvalue weighted by molar-refractivity contribution is -0.132. The second-order valence-corrected chi connectivity index (χ2v) is 35.0. The first-order valence-electron chi connectivity index (χ1n) is 48.0. The van der Waals surface area contributed by atoms with Crippen LogP contribution in [0, 0.1) is 13.8 Å². The summed E-state index contributed by atoms with van der Waals surface area (Å²) in [4.78, 5) is 60.4. The van der Waals surface area contributed by atoms with Crippen LogP contribution in [0.3, 0.4) is 0 Å². The number of aryl methyl sites for hydroxylation is 2. The number of rotatable bonds is 29. The highest BCUT2D eigenvalue weighted by molar-refractivity contribution is 6.02. The summed E-state index contributed by atoms with van der Waals surface area (Å²) in [5.74, 6) is 9.23. The minimum atomic E-state index is -0.0386. The number of nitrogen functional groups attached to an aromatic ring is 5. The molecule has 4 fully saturated rings. The molecule has 1 amide bonds. The first kappa shape index (κ1) is 97.0. The molecule has 35 heteroatoms. The number of nitrogens with two attached hydrogens (primary N) is 5. The number of carbonyl (C=O) groups excluding carboxylic acids is 1. The van der Waals surface area contributed by atoms with Crippen molar-refractivity contribution in [2.45, 2.75) is 130 Å². The highest BCUT2D eigenvalue weighted by Crippen LogP contribution is 2.42. The predicted octanol–water partition coefficient (Wildman–Crippen LogP) is 18.1. The molecule has 726 valence electrons. The van der Waals surface area contributed by atoms with Gasteiger partial charge in [0.05, 0.1) is 92.2 Å². The summed E-state index contributed by atoms with van der Waals surface area (Å²) in [5, 5.41) is 24.9. The summed E-state index contributed by atoms with van der Waals surface area (Å²) >= 11 is 0. The molecule has 3 atom stereocenters. The largest absolute Gasteiger partial charge is 0.457 e. The molecule has 4 aliphatic rings. The number of amides is 1. The van der Waals surface area contributed by atoms with E-state index in [4.69, 9.17) is 102 Å². The van der Waals surface area contributed by atoms with E-state index in [0.29, 0.717) is 110 Å². The quantitative estimate of drug-likeness (QED) is 0.0272. The van der Waals surface area contributed by atoms with Crippen molar-refractivity contribution in [1.29, 1.82) is 0 Å². The van der Waals surface area contributed by atoms with E-state index in [9.17, 15) is 4.79 Å². The van der Waals surface area contributed by atoms with Crippen LogP contribution >= 0.6 is 0 Å². The summed E-state index contributed by atoms with van der Waals surface area (Å²) in [6, 6.07) is 70.3. The van der Waals surface area contributed by atoms with Crippen LogP contribution in [0.5, 0.6) is 46.0 Å². The lowest BCUT2D eigenvalue weighted by atomic mass is 9.90. The Morgan fingerprint density at radius 3 is 1.13 bits per heavy atom. The molecular formula is C105H121N25O10. The Morgan fingerprint density at radius 1 is 0.386 bits per heavy atom. The van der Waals surface area contributed by atoms with E-state index in [-0.39, 0.29) is 42.1 Å². The number of anilines is 5. The summed E-state index contributed by atoms with van der Waals surface area (Å²) in [5.41, 5.74) is 40.8. The normalized spacial score (nSPS) is 17.0. The van der Waals surface area contributed by atoms with E-state index in [1.165, 1.54) is 6.33 Å². The third-order valence-electron chi connectivity index (χ3n) is 24.6. The molecule has 11 heterocycles. The highest BCUT2D eigenvalue weighted by atomic mass is 16.7. The Labute approximate surface area is 812 Å². The number of carbonyl (C=O) groups is 1. The Bertz CT molecular complexity index is 6550. The van der Waals surface area contributed by atoms with Gasteiger partial charge in [-0.25, -0.2) is 48.6 Å². The maximum absolute atomic E-state index is 12.4. The van der Waals surface area contributed by atoms with Gasteiger partial charge in [-0.15, -0.1) is 0 Å². The van der Waals surface area contributed by atoms with Gasteiger partial charge in [-0.2, -0.15) is 35.4 Å². The second kappa shape index (κ2) is 46.2. The van der Waals surface area contributed by atoms with Crippen LogP contribution in [-0.2, 0) is 28.6 Å². The Kier molecular flexibility index (Phi) is 32.0. The molecule has 3 unspecified atom stereocenters. The van der Waals surface area contributed by atoms with Crippen molar-refractivity contribution in [3.8, 4) is 91.0 Å². The van der Waals surface area contributed by atoms with Gasteiger partial charge in [0.25, 0.3) is 0 Å². The van der Waals surface area contributed by atoms with E-state index in [1.54, 1.807) is 0 Å². The minimum Gasteiger partial charge on any atom is -0.457 e. The fourth-order valence-corrected chi connectivity index (χ4v) is 17.8. The van der Waals surface area contributed by atoms with Gasteiger partial charge >= 0.3 is 0 Å². The Balaban J connectivity index is 0.000000129. The molecule has 0 bridgehead atoms. The third kappa shape index (κ3) is 23.5. The van der Waals surface area contributed by atoms with Crippen LogP contribution in [0.2, 0.25) is 0 Å². The zero-order valence-corrected chi connectivity index (χ0v) is 80.1. The van der Waals surface area contributed by atoms with Crippen LogP contribution in [-0.4, -0.2) is 217 Å². The Hall–Kier alpha value is -14.7. The van der Waals surface area contributed by atoms with Crippen molar-refractivity contribution in [3.63, 3.8) is 0 Å². The average Bonchev–Trinajstić information content (AvgIpc) is 1.62. The molecule has 3 aliphatic heterocycles. The van der Waals surface area contributed by atoms with Gasteiger partial charge in [-0.3, -0.25) is 19.4 Å². The van der Waals surface area contributed by atoms with E-state index >= 15 is 0 Å². The SMILES string of the molecule is CCCC(=O)N(C)C1CCC(n2nc(-c3ccc(Oc4ccccc4)cc3)c3c(N)nc(N)nc32)CC1.CCCN1CC(n2nc(-c3ccc(Oc4ccccc4)cc3)c3c(N)ncnc32)CO1.CCCOCN1CCOCC(n2nc(-c3ccc(Oc4ccccc4)cc3)c3c(N)nc(C)nc32)C1.CCCOCN1CCOCC(n2nc(-c3ccc(Oc4ccccc4)cc3)c3c(N)nc(C)nc32)C1. The zero-order chi connectivity index (χ0) is 97.0. The lowest BCUT2D eigenvalue weighted by Gasteiger charge is -2.35. The van der Waals surface area contributed by atoms with E-state index in [1.807, 2.05) is 275 Å². The maximum atomic E-state index is 12.4. The van der Waals surface area contributed by atoms with Crippen molar-refractivity contribution < 1.29 is 47.5 Å². The van der Waals surface area contributed by atoms with Crippen molar-refractivity contribution >= 4 is 79.3 Å². The van der Waals surface area contributed by atoms with Gasteiger partial charge in [0.15, 0.2) is 22.6 Å². The molecule has 10 N–H and O–H groups in total. The van der Waals surface area contributed by atoms with Gasteiger partial charge in [0.1, 0.15) is 110 Å². The van der Waals surface area contributed by atoms with Crippen LogP contribution < -0.4 is 47.6 Å². The van der Waals surface area contributed by atoms with Crippen LogP contribution in [0.15, 0.2) is 225 Å². The van der Waals surface area contributed by atoms with Crippen LogP contribution in [0.1, 0.15) is 121 Å². The maximum Gasteiger partial charge on any atom is 0.224 e. The zero-order valence-electron chi connectivity index (χ0n) is 80.1. The van der Waals surface area contributed by atoms with Gasteiger partial charge in [-0.05, 0) is 211 Å². The van der Waals surface area contributed by atoms with Gasteiger partial charge in [-0.1, -0.05) is 100 Å². The topological polar surface area (TPSA) is 418 Å². The number of hydroxylamine groups is 2. The van der Waals surface area contributed by atoms with E-state index in [0.717, 1.165) is 217 Å². The van der Waals surface area contributed by atoms with Crippen molar-refractivity contribution in [2.75, 3.05) is 135 Å². The summed E-state index contributed by atoms with van der Waals surface area (Å²) < 4.78 is 55.0. The molecule has 1 aliphatic carbocycles. The van der Waals surface area contributed by atoms with Crippen LogP contribution in [0.4, 0.5) is 29.2 Å². The molecule has 140 heavy (non-hydrogen) atoms. The number of ether oxygens (including phenoxy) is 8. The third-order valence-corrected chi connectivity index (χ3v) is 24.6. The van der Waals surface area contributed by atoms with Gasteiger partial charge < -0.3 is 71.5 Å². The van der Waals surface area contributed by atoms with Crippen LogP contribution in [0.25, 0.3) is 89.2 Å². The number of hydrogen-bond donors (Lipinski definition) is 5. The summed E-state index contributed by atoms with van der Waals surface area (Å²) in [6.45, 7) is 22.4. The molecular weight excluding hydrogens is 1770 g/mol. The fourth-order valence-electron chi connectivity index (χ4n) is 17.8. The molecule has 8 aromatic carbocycles. The molecule has 0 radical (unpaired) electrons. The highest BCUT2D eigenvalue weighted by Gasteiger charge is 2.35. The van der Waals surface area contributed by atoms with E-state index in [2.05, 4.69) is 60.5 Å². The predicted molar refractivity (Wildman–Crippen MR) is 542 cm³/mol. The summed E-state index contributed by atoms with van der Waals surface area (Å²) in [6.07, 6.45) is 9.55. The molecule has 0 spiro atoms. The first-order chi connectivity index (χ1) is 68.4. The van der Waals surface area contributed by atoms with Gasteiger partial charge in [0.2, 0.25) is 11.9 Å². The van der Waals surface area contributed by atoms with Crippen molar-refractivity contribution in [3.05, 3.63) is 236 Å². The lowest BCUT2D eigenvalue weighted by Crippen LogP contribution is -2.39. The number of nitrogens with zero attached hydrogens (tertiary/aromatic N) is 20. The molecule has 1 saturated carbocycles. The molecule has 3 saturated heterocycles.